The molecule has 0 radical (unpaired) electrons. The van der Waals surface area contributed by atoms with Crippen LogP contribution in [0.25, 0.3) is 22.3 Å². The van der Waals surface area contributed by atoms with E-state index in [1.54, 1.807) is 23.4 Å². The summed E-state index contributed by atoms with van der Waals surface area (Å²) in [7, 11) is -1.29. The fourth-order valence-corrected chi connectivity index (χ4v) is 7.92. The highest BCUT2D eigenvalue weighted by molar-refractivity contribution is 6.76. The summed E-state index contributed by atoms with van der Waals surface area (Å²) >= 11 is 0. The highest BCUT2D eigenvalue weighted by Crippen LogP contribution is 2.37. The van der Waals surface area contributed by atoms with Gasteiger partial charge in [0, 0.05) is 71.6 Å². The van der Waals surface area contributed by atoms with Gasteiger partial charge >= 0.3 is 12.3 Å². The average Bonchev–Trinajstić information content (AvgIpc) is 3.43. The summed E-state index contributed by atoms with van der Waals surface area (Å²) < 4.78 is 62.7. The second-order valence-corrected chi connectivity index (χ2v) is 22.1. The first kappa shape index (κ1) is 38.3. The number of ether oxygens (including phenoxy) is 3. The van der Waals surface area contributed by atoms with Crippen molar-refractivity contribution in [2.75, 3.05) is 69.3 Å². The van der Waals surface area contributed by atoms with Gasteiger partial charge in [0.1, 0.15) is 36.2 Å². The lowest BCUT2D eigenvalue weighted by molar-refractivity contribution is -0.168. The zero-order valence-corrected chi connectivity index (χ0v) is 32.3. The van der Waals surface area contributed by atoms with Crippen LogP contribution in [0.2, 0.25) is 25.7 Å². The smallest absolute Gasteiger partial charge is 0.410 e. The standard InChI is InChI=1S/C37H54F3N7O4Si/c1-36(2,3)51-35(48)45-13-11-29(12-14-45)46-22-27(23-46)32(37(38,39)40)43-28-9-7-26(8-10-28)31-21-30-33(44-15-17-49-18-16-44)41-24-42-34(30)47(31)25-50-19-20-52(4,5)6/h7-10,21,24,27,29,32,43H,11-20,22-23,25H2,1-6H3. The van der Waals surface area contributed by atoms with Gasteiger partial charge in [-0.15, -0.1) is 0 Å². The van der Waals surface area contributed by atoms with Crippen LogP contribution in [0.4, 0.5) is 29.5 Å². The Labute approximate surface area is 305 Å². The Balaban J connectivity index is 1.14. The fourth-order valence-electron chi connectivity index (χ4n) is 7.16. The molecule has 0 bridgehead atoms. The van der Waals surface area contributed by atoms with E-state index in [1.165, 1.54) is 0 Å². The molecule has 3 saturated heterocycles. The molecule has 1 amide bonds. The van der Waals surface area contributed by atoms with E-state index in [2.05, 4.69) is 50.8 Å². The van der Waals surface area contributed by atoms with Crippen LogP contribution in [0.3, 0.4) is 0 Å². The van der Waals surface area contributed by atoms with E-state index < -0.39 is 31.8 Å². The second kappa shape index (κ2) is 15.5. The maximum atomic E-state index is 14.5. The summed E-state index contributed by atoms with van der Waals surface area (Å²) in [5, 5.41) is 3.73. The number of nitrogens with one attached hydrogen (secondary N) is 1. The van der Waals surface area contributed by atoms with Gasteiger partial charge in [-0.05, 0) is 63.4 Å². The molecule has 0 spiro atoms. The number of alkyl halides is 3. The van der Waals surface area contributed by atoms with Gasteiger partial charge < -0.3 is 33.9 Å². The number of nitrogens with zero attached hydrogens (tertiary/aromatic N) is 6. The number of hydrogen-bond acceptors (Lipinski definition) is 9. The molecular weight excluding hydrogens is 692 g/mol. The third-order valence-corrected chi connectivity index (χ3v) is 11.8. The Morgan fingerprint density at radius 3 is 2.31 bits per heavy atom. The number of fused-ring (bicyclic) bond motifs is 1. The van der Waals surface area contributed by atoms with Gasteiger partial charge in [0.15, 0.2) is 0 Å². The topological polar surface area (TPSA) is 97.2 Å². The minimum atomic E-state index is -4.41. The van der Waals surface area contributed by atoms with Gasteiger partial charge in [-0.2, -0.15) is 13.2 Å². The first-order chi connectivity index (χ1) is 24.6. The van der Waals surface area contributed by atoms with E-state index in [0.717, 1.165) is 60.1 Å². The van der Waals surface area contributed by atoms with Gasteiger partial charge in [-0.1, -0.05) is 31.8 Å². The maximum Gasteiger partial charge on any atom is 0.410 e. The molecule has 0 saturated carbocycles. The molecule has 0 aliphatic carbocycles. The molecule has 52 heavy (non-hydrogen) atoms. The van der Waals surface area contributed by atoms with Gasteiger partial charge in [0.25, 0.3) is 0 Å². The summed E-state index contributed by atoms with van der Waals surface area (Å²) in [6.45, 7) is 17.9. The number of anilines is 2. The molecule has 6 rings (SSSR count). The van der Waals surface area contributed by atoms with E-state index >= 15 is 0 Å². The normalized spacial score (nSPS) is 19.2. The van der Waals surface area contributed by atoms with Crippen molar-refractivity contribution in [3.05, 3.63) is 36.7 Å². The molecule has 286 valence electrons. The number of morpholine rings is 1. The Kier molecular flexibility index (Phi) is 11.4. The average molecular weight is 746 g/mol. The zero-order chi connectivity index (χ0) is 37.3. The molecular formula is C37H54F3N7O4Si. The number of aromatic nitrogens is 3. The molecule has 2 aromatic heterocycles. The Bertz CT molecular complexity index is 1650. The fraction of sp³-hybridized carbons (Fsp3) is 0.649. The van der Waals surface area contributed by atoms with E-state index in [-0.39, 0.29) is 12.1 Å². The van der Waals surface area contributed by atoms with Crippen LogP contribution in [-0.4, -0.2) is 121 Å². The van der Waals surface area contributed by atoms with Crippen LogP contribution in [0.15, 0.2) is 36.7 Å². The SMILES string of the molecule is CC(C)(C)OC(=O)N1CCC(N2CC(C(Nc3ccc(-c4cc5c(N6CCOCC6)ncnc5n4COCC[Si](C)(C)C)cc3)C(F)(F)F)C2)CC1. The highest BCUT2D eigenvalue weighted by Gasteiger charge is 2.50. The second-order valence-electron chi connectivity index (χ2n) is 16.5. The number of halogens is 3. The van der Waals surface area contributed by atoms with Crippen molar-refractivity contribution in [2.45, 2.75) is 89.9 Å². The number of amides is 1. The van der Waals surface area contributed by atoms with Gasteiger partial charge in [0.05, 0.1) is 24.3 Å². The molecule has 3 fully saturated rings. The third kappa shape index (κ3) is 9.39. The lowest BCUT2D eigenvalue weighted by Gasteiger charge is -2.49. The van der Waals surface area contributed by atoms with E-state index in [0.29, 0.717) is 58.4 Å². The molecule has 1 unspecified atom stereocenters. The predicted octanol–water partition coefficient (Wildman–Crippen LogP) is 6.92. The number of likely N-dealkylation sites (tertiary alicyclic amines) is 2. The van der Waals surface area contributed by atoms with Crippen LogP contribution in [-0.2, 0) is 20.9 Å². The van der Waals surface area contributed by atoms with Crippen molar-refractivity contribution < 1.29 is 32.2 Å². The number of carbonyl (C=O) groups excluding carboxylic acids is 1. The molecule has 3 aliphatic rings. The highest BCUT2D eigenvalue weighted by atomic mass is 28.3. The summed E-state index contributed by atoms with van der Waals surface area (Å²) in [5.74, 6) is 0.265. The van der Waals surface area contributed by atoms with Crippen molar-refractivity contribution >= 4 is 36.7 Å². The first-order valence-corrected chi connectivity index (χ1v) is 22.2. The minimum absolute atomic E-state index is 0.155. The lowest BCUT2D eigenvalue weighted by Crippen LogP contribution is -2.62. The Hall–Kier alpha value is -3.40. The maximum absolute atomic E-state index is 14.5. The zero-order valence-electron chi connectivity index (χ0n) is 31.3. The molecule has 1 aromatic carbocycles. The van der Waals surface area contributed by atoms with Crippen molar-refractivity contribution in [3.8, 4) is 11.3 Å². The first-order valence-electron chi connectivity index (χ1n) is 18.5. The van der Waals surface area contributed by atoms with Crippen LogP contribution in [0.5, 0.6) is 0 Å². The monoisotopic (exact) mass is 745 g/mol. The molecule has 15 heteroatoms. The number of hydrogen-bond donors (Lipinski definition) is 1. The minimum Gasteiger partial charge on any atom is -0.444 e. The number of rotatable bonds is 11. The molecule has 11 nitrogen and oxygen atoms in total. The number of carbonyl (C=O) groups is 1. The van der Waals surface area contributed by atoms with Crippen LogP contribution >= 0.6 is 0 Å². The summed E-state index contributed by atoms with van der Waals surface area (Å²) in [6, 6.07) is 8.73. The largest absolute Gasteiger partial charge is 0.444 e. The van der Waals surface area contributed by atoms with Crippen LogP contribution in [0.1, 0.15) is 33.6 Å². The van der Waals surface area contributed by atoms with Gasteiger partial charge in [-0.3, -0.25) is 4.90 Å². The van der Waals surface area contributed by atoms with Crippen molar-refractivity contribution in [1.29, 1.82) is 0 Å². The molecule has 1 atom stereocenters. The van der Waals surface area contributed by atoms with E-state index in [1.807, 2.05) is 37.5 Å². The Morgan fingerprint density at radius 1 is 1.02 bits per heavy atom. The molecule has 1 N–H and O–H groups in total. The summed E-state index contributed by atoms with van der Waals surface area (Å²) in [5.41, 5.74) is 2.32. The quantitative estimate of drug-likeness (QED) is 0.166. The number of benzene rings is 1. The molecule has 3 aromatic rings. The summed E-state index contributed by atoms with van der Waals surface area (Å²) in [6.07, 6.45) is -1.73. The van der Waals surface area contributed by atoms with Gasteiger partial charge in [-0.25, -0.2) is 14.8 Å². The molecule has 5 heterocycles. The van der Waals surface area contributed by atoms with Crippen molar-refractivity contribution in [2.24, 2.45) is 5.92 Å². The predicted molar refractivity (Wildman–Crippen MR) is 199 cm³/mol. The van der Waals surface area contributed by atoms with E-state index in [9.17, 15) is 18.0 Å². The summed E-state index contributed by atoms with van der Waals surface area (Å²) in [4.78, 5) is 27.8. The van der Waals surface area contributed by atoms with E-state index in [4.69, 9.17) is 14.2 Å². The van der Waals surface area contributed by atoms with Crippen LogP contribution < -0.4 is 10.2 Å². The Morgan fingerprint density at radius 2 is 1.69 bits per heavy atom. The van der Waals surface area contributed by atoms with Crippen molar-refractivity contribution in [3.63, 3.8) is 0 Å². The number of piperidine rings is 1. The van der Waals surface area contributed by atoms with Crippen LogP contribution in [0, 0.1) is 5.92 Å². The van der Waals surface area contributed by atoms with Crippen molar-refractivity contribution in [1.82, 2.24) is 24.3 Å². The lowest BCUT2D eigenvalue weighted by atomic mass is 9.87. The molecule has 3 aliphatic heterocycles. The van der Waals surface area contributed by atoms with Gasteiger partial charge in [0.2, 0.25) is 0 Å². The third-order valence-electron chi connectivity index (χ3n) is 10.1.